The van der Waals surface area contributed by atoms with E-state index in [4.69, 9.17) is 14.2 Å². The number of hydrogen-bond acceptors (Lipinski definition) is 4. The van der Waals surface area contributed by atoms with Crippen LogP contribution in [0.1, 0.15) is 26.2 Å². The molecule has 2 heterocycles. The highest BCUT2D eigenvalue weighted by Gasteiger charge is 2.53. The molecule has 0 saturated carbocycles. The van der Waals surface area contributed by atoms with Crippen molar-refractivity contribution in [3.05, 3.63) is 0 Å². The Bertz CT molecular complexity index is 228. The number of esters is 1. The van der Waals surface area contributed by atoms with Crippen molar-refractivity contribution >= 4 is 5.97 Å². The Morgan fingerprint density at radius 1 is 1.62 bits per heavy atom. The summed E-state index contributed by atoms with van der Waals surface area (Å²) in [7, 11) is 1.56. The Kier molecular flexibility index (Phi) is 2.04. The summed E-state index contributed by atoms with van der Waals surface area (Å²) in [5.74, 6) is -1.01. The van der Waals surface area contributed by atoms with Crippen LogP contribution in [0.2, 0.25) is 0 Å². The molecule has 3 atom stereocenters. The lowest BCUT2D eigenvalue weighted by Crippen LogP contribution is -2.48. The van der Waals surface area contributed by atoms with E-state index >= 15 is 0 Å². The van der Waals surface area contributed by atoms with E-state index in [2.05, 4.69) is 0 Å². The van der Waals surface area contributed by atoms with Gasteiger partial charge in [0, 0.05) is 13.5 Å². The first kappa shape index (κ1) is 8.97. The van der Waals surface area contributed by atoms with E-state index in [-0.39, 0.29) is 18.2 Å². The maximum absolute atomic E-state index is 11.1. The second kappa shape index (κ2) is 2.96. The molecular weight excluding hydrogens is 172 g/mol. The van der Waals surface area contributed by atoms with Gasteiger partial charge in [-0.2, -0.15) is 0 Å². The average molecular weight is 186 g/mol. The Labute approximate surface area is 77.1 Å². The summed E-state index contributed by atoms with van der Waals surface area (Å²) in [6, 6.07) is 0. The van der Waals surface area contributed by atoms with Crippen LogP contribution in [0, 0.1) is 0 Å². The van der Waals surface area contributed by atoms with E-state index in [9.17, 15) is 4.79 Å². The predicted molar refractivity (Wildman–Crippen MR) is 44.0 cm³/mol. The normalized spacial score (nSPS) is 44.3. The molecule has 2 unspecified atom stereocenters. The van der Waals surface area contributed by atoms with Gasteiger partial charge in [0.2, 0.25) is 5.79 Å². The quantitative estimate of drug-likeness (QED) is 0.569. The van der Waals surface area contributed by atoms with E-state index in [1.165, 1.54) is 0 Å². The maximum atomic E-state index is 11.1. The second-order valence-electron chi connectivity index (χ2n) is 3.67. The van der Waals surface area contributed by atoms with Gasteiger partial charge >= 0.3 is 5.97 Å². The van der Waals surface area contributed by atoms with Gasteiger partial charge in [-0.25, -0.2) is 0 Å². The first-order valence-electron chi connectivity index (χ1n) is 4.59. The number of fused-ring (bicyclic) bond motifs is 1. The lowest BCUT2D eigenvalue weighted by atomic mass is 9.98. The third-order valence-electron chi connectivity index (χ3n) is 2.77. The van der Waals surface area contributed by atoms with Crippen molar-refractivity contribution in [2.45, 2.75) is 44.2 Å². The molecule has 2 aliphatic rings. The summed E-state index contributed by atoms with van der Waals surface area (Å²) in [5.41, 5.74) is 0. The van der Waals surface area contributed by atoms with Crippen molar-refractivity contribution in [2.75, 3.05) is 7.11 Å². The predicted octanol–water partition coefficient (Wildman–Crippen LogP) is 0.843. The molecule has 2 aliphatic heterocycles. The molecule has 4 nitrogen and oxygen atoms in total. The van der Waals surface area contributed by atoms with Crippen molar-refractivity contribution in [3.8, 4) is 0 Å². The molecule has 0 aliphatic carbocycles. The summed E-state index contributed by atoms with van der Waals surface area (Å²) in [6.45, 7) is 2.00. The Balaban J connectivity index is 2.17. The first-order valence-corrected chi connectivity index (χ1v) is 4.59. The zero-order valence-corrected chi connectivity index (χ0v) is 7.91. The van der Waals surface area contributed by atoms with Gasteiger partial charge in [-0.3, -0.25) is 4.79 Å². The Morgan fingerprint density at radius 2 is 2.38 bits per heavy atom. The lowest BCUT2D eigenvalue weighted by molar-refractivity contribution is -0.269. The van der Waals surface area contributed by atoms with E-state index in [1.807, 2.05) is 6.92 Å². The molecule has 74 valence electrons. The van der Waals surface area contributed by atoms with Crippen molar-refractivity contribution in [1.82, 2.24) is 0 Å². The molecule has 2 fully saturated rings. The van der Waals surface area contributed by atoms with Crippen LogP contribution in [0.3, 0.4) is 0 Å². The van der Waals surface area contributed by atoms with Crippen molar-refractivity contribution in [2.24, 2.45) is 0 Å². The fraction of sp³-hybridized carbons (Fsp3) is 0.889. The SMILES string of the molecule is COC12CC[C@@H](C)OC1CC(=O)O2. The molecule has 0 spiro atoms. The molecule has 0 radical (unpaired) electrons. The summed E-state index contributed by atoms with van der Waals surface area (Å²) in [6.07, 6.45) is 1.91. The molecule has 0 bridgehead atoms. The third-order valence-corrected chi connectivity index (χ3v) is 2.77. The standard InChI is InChI=1S/C9H14O4/c1-6-3-4-9(11-2)7(12-6)5-8(10)13-9/h6-7H,3-5H2,1-2H3/t6-,7?,9?/m1/s1. The molecule has 13 heavy (non-hydrogen) atoms. The van der Waals surface area contributed by atoms with Crippen LogP contribution in [-0.2, 0) is 19.0 Å². The van der Waals surface area contributed by atoms with Crippen molar-refractivity contribution < 1.29 is 19.0 Å². The maximum Gasteiger partial charge on any atom is 0.311 e. The molecule has 0 aromatic carbocycles. The van der Waals surface area contributed by atoms with Crippen LogP contribution in [-0.4, -0.2) is 31.1 Å². The zero-order valence-electron chi connectivity index (χ0n) is 7.91. The summed E-state index contributed by atoms with van der Waals surface area (Å²) in [5, 5.41) is 0. The van der Waals surface area contributed by atoms with Crippen LogP contribution in [0.5, 0.6) is 0 Å². The van der Waals surface area contributed by atoms with E-state index in [0.717, 1.165) is 12.8 Å². The Hall–Kier alpha value is -0.610. The minimum Gasteiger partial charge on any atom is -0.430 e. The lowest BCUT2D eigenvalue weighted by Gasteiger charge is -2.37. The molecule has 0 amide bonds. The van der Waals surface area contributed by atoms with E-state index in [1.54, 1.807) is 7.11 Å². The largest absolute Gasteiger partial charge is 0.430 e. The summed E-state index contributed by atoms with van der Waals surface area (Å²) < 4.78 is 16.0. The monoisotopic (exact) mass is 186 g/mol. The van der Waals surface area contributed by atoms with Gasteiger partial charge in [-0.15, -0.1) is 0 Å². The van der Waals surface area contributed by atoms with Crippen LogP contribution in [0.15, 0.2) is 0 Å². The number of carbonyl (C=O) groups excluding carboxylic acids is 1. The van der Waals surface area contributed by atoms with Crippen molar-refractivity contribution in [1.29, 1.82) is 0 Å². The van der Waals surface area contributed by atoms with Crippen LogP contribution in [0.25, 0.3) is 0 Å². The van der Waals surface area contributed by atoms with Gasteiger partial charge in [-0.05, 0) is 13.3 Å². The molecular formula is C9H14O4. The van der Waals surface area contributed by atoms with Crippen LogP contribution in [0.4, 0.5) is 0 Å². The Morgan fingerprint density at radius 3 is 3.08 bits per heavy atom. The van der Waals surface area contributed by atoms with E-state index < -0.39 is 5.79 Å². The minimum absolute atomic E-state index is 0.197. The van der Waals surface area contributed by atoms with Crippen LogP contribution >= 0.6 is 0 Å². The van der Waals surface area contributed by atoms with Gasteiger partial charge in [0.15, 0.2) is 0 Å². The molecule has 0 N–H and O–H groups in total. The molecule has 2 saturated heterocycles. The highest BCUT2D eigenvalue weighted by molar-refractivity contribution is 5.73. The number of ether oxygens (including phenoxy) is 3. The van der Waals surface area contributed by atoms with E-state index in [0.29, 0.717) is 6.42 Å². The number of carbonyl (C=O) groups is 1. The third kappa shape index (κ3) is 1.34. The minimum atomic E-state index is -0.788. The number of hydrogen-bond donors (Lipinski definition) is 0. The molecule has 0 aromatic rings. The summed E-state index contributed by atoms with van der Waals surface area (Å²) in [4.78, 5) is 11.1. The molecule has 0 aromatic heterocycles. The fourth-order valence-corrected chi connectivity index (χ4v) is 2.00. The van der Waals surface area contributed by atoms with Crippen molar-refractivity contribution in [3.63, 3.8) is 0 Å². The van der Waals surface area contributed by atoms with Gasteiger partial charge in [-0.1, -0.05) is 0 Å². The fourth-order valence-electron chi connectivity index (χ4n) is 2.00. The first-order chi connectivity index (χ1) is 6.16. The zero-order chi connectivity index (χ0) is 9.47. The highest BCUT2D eigenvalue weighted by atomic mass is 16.7. The smallest absolute Gasteiger partial charge is 0.311 e. The van der Waals surface area contributed by atoms with Gasteiger partial charge in [0.25, 0.3) is 0 Å². The van der Waals surface area contributed by atoms with Crippen LogP contribution < -0.4 is 0 Å². The average Bonchev–Trinajstić information content (AvgIpc) is 2.41. The summed E-state index contributed by atoms with van der Waals surface area (Å²) >= 11 is 0. The van der Waals surface area contributed by atoms with Gasteiger partial charge in [0.1, 0.15) is 6.10 Å². The van der Waals surface area contributed by atoms with Gasteiger partial charge < -0.3 is 14.2 Å². The topological polar surface area (TPSA) is 44.8 Å². The second-order valence-corrected chi connectivity index (χ2v) is 3.67. The number of methoxy groups -OCH3 is 1. The highest BCUT2D eigenvalue weighted by Crippen LogP contribution is 2.39. The van der Waals surface area contributed by atoms with Gasteiger partial charge in [0.05, 0.1) is 12.5 Å². The number of rotatable bonds is 1. The molecule has 4 heteroatoms. The molecule has 2 rings (SSSR count).